The van der Waals surface area contributed by atoms with Gasteiger partial charge in [-0.2, -0.15) is 5.10 Å². The van der Waals surface area contributed by atoms with Crippen molar-refractivity contribution in [3.63, 3.8) is 0 Å². The summed E-state index contributed by atoms with van der Waals surface area (Å²) in [6, 6.07) is 1.84. The van der Waals surface area contributed by atoms with E-state index >= 15 is 0 Å². The predicted molar refractivity (Wildman–Crippen MR) is 77.8 cm³/mol. The first-order valence-electron chi connectivity index (χ1n) is 7.30. The molecule has 0 spiro atoms. The van der Waals surface area contributed by atoms with Gasteiger partial charge in [-0.15, -0.1) is 0 Å². The van der Waals surface area contributed by atoms with Crippen molar-refractivity contribution in [2.45, 2.75) is 58.2 Å². The van der Waals surface area contributed by atoms with Crippen LogP contribution in [-0.4, -0.2) is 34.6 Å². The summed E-state index contributed by atoms with van der Waals surface area (Å²) < 4.78 is 7.47. The highest BCUT2D eigenvalue weighted by Gasteiger charge is 2.22. The SMILES string of the molecule is CC(NC(=O)Nc1ccn(C(C)C)n1)C1CCCCO1. The predicted octanol–water partition coefficient (Wildman–Crippen LogP) is 2.54. The number of carbonyl (C=O) groups excluding carboxylic acids is 1. The molecule has 1 aliphatic heterocycles. The summed E-state index contributed by atoms with van der Waals surface area (Å²) >= 11 is 0. The largest absolute Gasteiger partial charge is 0.376 e. The molecule has 0 radical (unpaired) electrons. The molecule has 0 aromatic carbocycles. The van der Waals surface area contributed by atoms with Crippen molar-refractivity contribution in [3.8, 4) is 0 Å². The number of nitrogens with one attached hydrogen (secondary N) is 2. The van der Waals surface area contributed by atoms with Crippen molar-refractivity contribution in [2.24, 2.45) is 0 Å². The van der Waals surface area contributed by atoms with E-state index in [0.29, 0.717) is 5.82 Å². The van der Waals surface area contributed by atoms with Gasteiger partial charge in [-0.3, -0.25) is 10.00 Å². The maximum absolute atomic E-state index is 11.9. The highest BCUT2D eigenvalue weighted by molar-refractivity contribution is 5.88. The van der Waals surface area contributed by atoms with E-state index in [4.69, 9.17) is 4.74 Å². The Labute approximate surface area is 119 Å². The van der Waals surface area contributed by atoms with E-state index in [1.54, 1.807) is 6.07 Å². The van der Waals surface area contributed by atoms with Gasteiger partial charge in [-0.25, -0.2) is 4.79 Å². The van der Waals surface area contributed by atoms with Gasteiger partial charge in [0.1, 0.15) is 0 Å². The van der Waals surface area contributed by atoms with Gasteiger partial charge in [0.05, 0.1) is 12.1 Å². The van der Waals surface area contributed by atoms with E-state index in [0.717, 1.165) is 25.9 Å². The van der Waals surface area contributed by atoms with Crippen LogP contribution in [-0.2, 0) is 4.74 Å². The number of carbonyl (C=O) groups is 1. The first-order chi connectivity index (χ1) is 9.56. The minimum atomic E-state index is -0.235. The molecule has 1 saturated heterocycles. The van der Waals surface area contributed by atoms with E-state index in [1.807, 2.05) is 31.6 Å². The first-order valence-corrected chi connectivity index (χ1v) is 7.30. The van der Waals surface area contributed by atoms with E-state index in [-0.39, 0.29) is 24.2 Å². The Hall–Kier alpha value is -1.56. The van der Waals surface area contributed by atoms with Gasteiger partial charge in [0, 0.05) is 24.9 Å². The van der Waals surface area contributed by atoms with Crippen LogP contribution in [0.3, 0.4) is 0 Å². The van der Waals surface area contributed by atoms with E-state index in [9.17, 15) is 4.79 Å². The lowest BCUT2D eigenvalue weighted by Gasteiger charge is -2.28. The lowest BCUT2D eigenvalue weighted by atomic mass is 10.0. The average Bonchev–Trinajstić information content (AvgIpc) is 2.88. The van der Waals surface area contributed by atoms with E-state index < -0.39 is 0 Å². The minimum absolute atomic E-state index is 0.00230. The van der Waals surface area contributed by atoms with Crippen LogP contribution in [0.25, 0.3) is 0 Å². The molecular weight excluding hydrogens is 256 g/mol. The Morgan fingerprint density at radius 2 is 2.25 bits per heavy atom. The van der Waals surface area contributed by atoms with Crippen LogP contribution < -0.4 is 10.6 Å². The zero-order valence-electron chi connectivity index (χ0n) is 12.4. The van der Waals surface area contributed by atoms with Crippen LogP contribution in [0, 0.1) is 0 Å². The second-order valence-electron chi connectivity index (χ2n) is 5.57. The van der Waals surface area contributed by atoms with Gasteiger partial charge in [0.25, 0.3) is 0 Å². The zero-order valence-corrected chi connectivity index (χ0v) is 12.4. The van der Waals surface area contributed by atoms with Gasteiger partial charge in [-0.05, 0) is 40.0 Å². The van der Waals surface area contributed by atoms with Gasteiger partial charge < -0.3 is 10.1 Å². The Morgan fingerprint density at radius 3 is 2.85 bits per heavy atom. The molecule has 6 nitrogen and oxygen atoms in total. The first kappa shape index (κ1) is 14.8. The van der Waals surface area contributed by atoms with Gasteiger partial charge in [-0.1, -0.05) is 0 Å². The van der Waals surface area contributed by atoms with Crippen LogP contribution in [0.1, 0.15) is 46.1 Å². The summed E-state index contributed by atoms with van der Waals surface area (Å²) in [6.45, 7) is 6.85. The minimum Gasteiger partial charge on any atom is -0.376 e. The number of urea groups is 1. The summed E-state index contributed by atoms with van der Waals surface area (Å²) in [7, 11) is 0. The van der Waals surface area contributed by atoms with E-state index in [1.165, 1.54) is 0 Å². The normalized spacial score (nSPS) is 20.7. The van der Waals surface area contributed by atoms with Crippen molar-refractivity contribution in [2.75, 3.05) is 11.9 Å². The molecule has 2 unspecified atom stereocenters. The number of anilines is 1. The summed E-state index contributed by atoms with van der Waals surface area (Å²) in [5, 5.41) is 9.94. The maximum Gasteiger partial charge on any atom is 0.320 e. The molecule has 2 atom stereocenters. The third-order valence-corrected chi connectivity index (χ3v) is 3.51. The maximum atomic E-state index is 11.9. The fourth-order valence-corrected chi connectivity index (χ4v) is 2.30. The summed E-state index contributed by atoms with van der Waals surface area (Å²) in [5.74, 6) is 0.563. The molecule has 0 saturated carbocycles. The molecular formula is C14H24N4O2. The molecule has 1 aromatic rings. The highest BCUT2D eigenvalue weighted by Crippen LogP contribution is 2.16. The van der Waals surface area contributed by atoms with Gasteiger partial charge in [0.2, 0.25) is 0 Å². The number of hydrogen-bond acceptors (Lipinski definition) is 3. The van der Waals surface area contributed by atoms with Crippen molar-refractivity contribution in [1.82, 2.24) is 15.1 Å². The van der Waals surface area contributed by atoms with E-state index in [2.05, 4.69) is 15.7 Å². The summed E-state index contributed by atoms with van der Waals surface area (Å²) in [4.78, 5) is 11.9. The highest BCUT2D eigenvalue weighted by atomic mass is 16.5. The Bertz CT molecular complexity index is 438. The Balaban J connectivity index is 1.81. The fraction of sp³-hybridized carbons (Fsp3) is 0.714. The standard InChI is InChI=1S/C14H24N4O2/c1-10(2)18-8-7-13(17-18)16-14(19)15-11(3)12-6-4-5-9-20-12/h7-8,10-12H,4-6,9H2,1-3H3,(H2,15,16,17,19). The molecule has 6 heteroatoms. The molecule has 1 aromatic heterocycles. The van der Waals surface area contributed by atoms with Gasteiger partial charge >= 0.3 is 6.03 Å². The average molecular weight is 280 g/mol. The zero-order chi connectivity index (χ0) is 14.5. The number of ether oxygens (including phenoxy) is 1. The number of aromatic nitrogens is 2. The third kappa shape index (κ3) is 3.96. The van der Waals surface area contributed by atoms with Crippen LogP contribution in [0.5, 0.6) is 0 Å². The van der Waals surface area contributed by atoms with Crippen molar-refractivity contribution >= 4 is 11.8 Å². The van der Waals surface area contributed by atoms with Crippen LogP contribution in [0.4, 0.5) is 10.6 Å². The monoisotopic (exact) mass is 280 g/mol. The van der Waals surface area contributed by atoms with Crippen molar-refractivity contribution in [3.05, 3.63) is 12.3 Å². The topological polar surface area (TPSA) is 68.2 Å². The third-order valence-electron chi connectivity index (χ3n) is 3.51. The molecule has 2 amide bonds. The Morgan fingerprint density at radius 1 is 1.45 bits per heavy atom. The second kappa shape index (κ2) is 6.74. The quantitative estimate of drug-likeness (QED) is 0.890. The molecule has 112 valence electrons. The Kier molecular flexibility index (Phi) is 5.00. The smallest absolute Gasteiger partial charge is 0.320 e. The fourth-order valence-electron chi connectivity index (χ4n) is 2.30. The van der Waals surface area contributed by atoms with Gasteiger partial charge in [0.15, 0.2) is 5.82 Å². The van der Waals surface area contributed by atoms with Crippen LogP contribution in [0.15, 0.2) is 12.3 Å². The van der Waals surface area contributed by atoms with Crippen molar-refractivity contribution in [1.29, 1.82) is 0 Å². The number of rotatable bonds is 4. The lowest BCUT2D eigenvalue weighted by Crippen LogP contribution is -2.45. The molecule has 2 rings (SSSR count). The van der Waals surface area contributed by atoms with Crippen molar-refractivity contribution < 1.29 is 9.53 Å². The number of amides is 2. The molecule has 2 N–H and O–H groups in total. The van der Waals surface area contributed by atoms with Crippen LogP contribution >= 0.6 is 0 Å². The second-order valence-corrected chi connectivity index (χ2v) is 5.57. The lowest BCUT2D eigenvalue weighted by molar-refractivity contribution is -0.00102. The molecule has 2 heterocycles. The molecule has 0 bridgehead atoms. The summed E-state index contributed by atoms with van der Waals surface area (Å²) in [6.07, 6.45) is 5.25. The molecule has 0 aliphatic carbocycles. The summed E-state index contributed by atoms with van der Waals surface area (Å²) in [5.41, 5.74) is 0. The number of hydrogen-bond donors (Lipinski definition) is 2. The molecule has 1 fully saturated rings. The van der Waals surface area contributed by atoms with Crippen LogP contribution in [0.2, 0.25) is 0 Å². The number of nitrogens with zero attached hydrogens (tertiary/aromatic N) is 2. The molecule has 20 heavy (non-hydrogen) atoms. The molecule has 1 aliphatic rings.